The number of aromatic nitrogens is 2. The first-order valence-electron chi connectivity index (χ1n) is 8.72. The second-order valence-electron chi connectivity index (χ2n) is 6.30. The van der Waals surface area contributed by atoms with Crippen LogP contribution in [-0.2, 0) is 24.8 Å². The predicted molar refractivity (Wildman–Crippen MR) is 108 cm³/mol. The van der Waals surface area contributed by atoms with Gasteiger partial charge in [-0.05, 0) is 42.0 Å². The largest absolute Gasteiger partial charge is 0.454 e. The molecule has 3 aromatic rings. The van der Waals surface area contributed by atoms with Gasteiger partial charge < -0.3 is 19.4 Å². The number of benzene rings is 2. The van der Waals surface area contributed by atoms with Crippen LogP contribution in [0.3, 0.4) is 0 Å². The van der Waals surface area contributed by atoms with Gasteiger partial charge in [0.25, 0.3) is 0 Å². The fraction of sp³-hybridized carbons (Fsp3) is 0.211. The number of carbonyl (C=O) groups excluding carboxylic acids is 1. The summed E-state index contributed by atoms with van der Waals surface area (Å²) < 4.78 is 12.5. The highest BCUT2D eigenvalue weighted by Gasteiger charge is 2.14. The van der Waals surface area contributed by atoms with Crippen molar-refractivity contribution in [3.63, 3.8) is 0 Å². The van der Waals surface area contributed by atoms with Gasteiger partial charge in [-0.25, -0.2) is 4.98 Å². The van der Waals surface area contributed by atoms with Crippen LogP contribution in [0.5, 0.6) is 11.5 Å². The average molecular weight is 397 g/mol. The molecule has 144 valence electrons. The number of aryl methyl sites for hydroxylation is 1. The number of ether oxygens (including phenoxy) is 2. The Bertz CT molecular complexity index is 1050. The van der Waals surface area contributed by atoms with Gasteiger partial charge in [0.2, 0.25) is 12.7 Å². The smallest absolute Gasteiger partial charge is 0.245 e. The van der Waals surface area contributed by atoms with Crippen LogP contribution in [0.25, 0.3) is 11.0 Å². The number of amides is 1. The first-order valence-corrected chi connectivity index (χ1v) is 9.12. The SMILES string of the molecule is Cn1c(CC(=O)NNC(=S)NCc2ccc3c(c2)OCO3)nc2ccccc21. The molecule has 0 bridgehead atoms. The van der Waals surface area contributed by atoms with Gasteiger partial charge in [-0.15, -0.1) is 0 Å². The second kappa shape index (κ2) is 7.73. The Morgan fingerprint density at radius 3 is 2.86 bits per heavy atom. The monoisotopic (exact) mass is 397 g/mol. The molecule has 0 atom stereocenters. The molecule has 28 heavy (non-hydrogen) atoms. The Balaban J connectivity index is 1.26. The Labute approximate surface area is 166 Å². The lowest BCUT2D eigenvalue weighted by molar-refractivity contribution is -0.121. The zero-order chi connectivity index (χ0) is 19.5. The minimum Gasteiger partial charge on any atom is -0.454 e. The molecule has 0 unspecified atom stereocenters. The maximum absolute atomic E-state index is 12.2. The number of rotatable bonds is 4. The minimum atomic E-state index is -0.231. The van der Waals surface area contributed by atoms with Crippen molar-refractivity contribution in [1.29, 1.82) is 0 Å². The van der Waals surface area contributed by atoms with E-state index < -0.39 is 0 Å². The van der Waals surface area contributed by atoms with Crippen molar-refractivity contribution in [2.45, 2.75) is 13.0 Å². The number of nitrogens with one attached hydrogen (secondary N) is 3. The summed E-state index contributed by atoms with van der Waals surface area (Å²) in [4.78, 5) is 16.7. The maximum Gasteiger partial charge on any atom is 0.245 e. The number of hydrogen-bond donors (Lipinski definition) is 3. The number of thiocarbonyl (C=S) groups is 1. The third-order valence-corrected chi connectivity index (χ3v) is 4.65. The van der Waals surface area contributed by atoms with Crippen molar-refractivity contribution < 1.29 is 14.3 Å². The van der Waals surface area contributed by atoms with E-state index in [2.05, 4.69) is 21.2 Å². The topological polar surface area (TPSA) is 89.4 Å². The number of hydrazine groups is 1. The highest BCUT2D eigenvalue weighted by atomic mass is 32.1. The number of fused-ring (bicyclic) bond motifs is 2. The van der Waals surface area contributed by atoms with Crippen LogP contribution in [0, 0.1) is 0 Å². The summed E-state index contributed by atoms with van der Waals surface area (Å²) in [6, 6.07) is 13.4. The molecule has 0 fully saturated rings. The van der Waals surface area contributed by atoms with Crippen molar-refractivity contribution in [3.8, 4) is 11.5 Å². The van der Waals surface area contributed by atoms with Gasteiger partial charge in [0.15, 0.2) is 16.6 Å². The highest BCUT2D eigenvalue weighted by Crippen LogP contribution is 2.32. The van der Waals surface area contributed by atoms with E-state index in [9.17, 15) is 4.79 Å². The van der Waals surface area contributed by atoms with Gasteiger partial charge >= 0.3 is 0 Å². The second-order valence-corrected chi connectivity index (χ2v) is 6.70. The van der Waals surface area contributed by atoms with Crippen LogP contribution >= 0.6 is 12.2 Å². The fourth-order valence-electron chi connectivity index (χ4n) is 2.95. The molecule has 0 aliphatic carbocycles. The average Bonchev–Trinajstić information content (AvgIpc) is 3.29. The van der Waals surface area contributed by atoms with Gasteiger partial charge in [-0.3, -0.25) is 15.6 Å². The van der Waals surface area contributed by atoms with Crippen molar-refractivity contribution >= 4 is 34.3 Å². The van der Waals surface area contributed by atoms with Crippen LogP contribution in [-0.4, -0.2) is 27.4 Å². The quantitative estimate of drug-likeness (QED) is 0.455. The van der Waals surface area contributed by atoms with Crippen LogP contribution < -0.4 is 25.6 Å². The van der Waals surface area contributed by atoms with E-state index in [1.54, 1.807) is 0 Å². The summed E-state index contributed by atoms with van der Waals surface area (Å²) in [5.74, 6) is 1.90. The molecule has 0 saturated heterocycles. The van der Waals surface area contributed by atoms with E-state index in [0.29, 0.717) is 23.2 Å². The Morgan fingerprint density at radius 1 is 1.18 bits per heavy atom. The standard InChI is InChI=1S/C19H19N5O3S/c1-24-14-5-3-2-4-13(14)21-17(24)9-18(25)22-23-19(28)20-10-12-6-7-15-16(8-12)27-11-26-15/h2-8H,9-11H2,1H3,(H,22,25)(H2,20,23,28). The number of imidazole rings is 1. The molecule has 8 nitrogen and oxygen atoms in total. The molecule has 1 amide bonds. The van der Waals surface area contributed by atoms with E-state index >= 15 is 0 Å². The summed E-state index contributed by atoms with van der Waals surface area (Å²) in [5.41, 5.74) is 8.13. The molecule has 2 aromatic carbocycles. The first-order chi connectivity index (χ1) is 13.6. The van der Waals surface area contributed by atoms with Crippen molar-refractivity contribution in [2.75, 3.05) is 6.79 Å². The molecule has 1 aliphatic rings. The van der Waals surface area contributed by atoms with Crippen LogP contribution in [0.1, 0.15) is 11.4 Å². The van der Waals surface area contributed by atoms with E-state index in [1.807, 2.05) is 54.1 Å². The van der Waals surface area contributed by atoms with E-state index in [-0.39, 0.29) is 19.1 Å². The number of carbonyl (C=O) groups is 1. The summed E-state index contributed by atoms with van der Waals surface area (Å²) in [7, 11) is 1.89. The molecule has 3 N–H and O–H groups in total. The summed E-state index contributed by atoms with van der Waals surface area (Å²) in [6.07, 6.45) is 0.142. The molecular weight excluding hydrogens is 378 g/mol. The number of para-hydroxylation sites is 2. The Morgan fingerprint density at radius 2 is 2.00 bits per heavy atom. The van der Waals surface area contributed by atoms with Gasteiger partial charge in [0.05, 0.1) is 17.5 Å². The van der Waals surface area contributed by atoms with Crippen molar-refractivity contribution in [1.82, 2.24) is 25.7 Å². The first kappa shape index (κ1) is 18.1. The third-order valence-electron chi connectivity index (χ3n) is 4.40. The number of hydrogen-bond acceptors (Lipinski definition) is 5. The molecule has 0 saturated carbocycles. The van der Waals surface area contributed by atoms with Crippen molar-refractivity contribution in [2.24, 2.45) is 7.05 Å². The van der Waals surface area contributed by atoms with Gasteiger partial charge in [0.1, 0.15) is 5.82 Å². The molecular formula is C19H19N5O3S. The molecule has 1 aliphatic heterocycles. The Kier molecular flexibility index (Phi) is 4.98. The van der Waals surface area contributed by atoms with Crippen LogP contribution in [0.2, 0.25) is 0 Å². The lowest BCUT2D eigenvalue weighted by Gasteiger charge is -2.12. The molecule has 9 heteroatoms. The molecule has 0 spiro atoms. The van der Waals surface area contributed by atoms with Gasteiger partial charge in [-0.2, -0.15) is 0 Å². The van der Waals surface area contributed by atoms with E-state index in [0.717, 1.165) is 22.3 Å². The summed E-state index contributed by atoms with van der Waals surface area (Å²) in [5, 5.41) is 3.35. The van der Waals surface area contributed by atoms with E-state index in [4.69, 9.17) is 21.7 Å². The van der Waals surface area contributed by atoms with E-state index in [1.165, 1.54) is 0 Å². The predicted octanol–water partition coefficient (Wildman–Crippen LogP) is 1.54. The minimum absolute atomic E-state index is 0.142. The van der Waals surface area contributed by atoms with Gasteiger partial charge in [-0.1, -0.05) is 18.2 Å². The highest BCUT2D eigenvalue weighted by molar-refractivity contribution is 7.80. The fourth-order valence-corrected chi connectivity index (χ4v) is 3.07. The molecule has 4 rings (SSSR count). The summed E-state index contributed by atoms with van der Waals surface area (Å²) >= 11 is 5.20. The van der Waals surface area contributed by atoms with Crippen LogP contribution in [0.15, 0.2) is 42.5 Å². The normalized spacial score (nSPS) is 12.0. The van der Waals surface area contributed by atoms with Crippen LogP contribution in [0.4, 0.5) is 0 Å². The zero-order valence-corrected chi connectivity index (χ0v) is 16.0. The molecule has 0 radical (unpaired) electrons. The maximum atomic E-state index is 12.2. The number of nitrogens with zero attached hydrogens (tertiary/aromatic N) is 2. The summed E-state index contributed by atoms with van der Waals surface area (Å²) in [6.45, 7) is 0.729. The molecule has 2 heterocycles. The Hall–Kier alpha value is -3.33. The van der Waals surface area contributed by atoms with Gasteiger partial charge in [0, 0.05) is 13.6 Å². The third kappa shape index (κ3) is 3.84. The lowest BCUT2D eigenvalue weighted by Crippen LogP contribution is -2.47. The lowest BCUT2D eigenvalue weighted by atomic mass is 10.2. The zero-order valence-electron chi connectivity index (χ0n) is 15.2. The van der Waals surface area contributed by atoms with Crippen molar-refractivity contribution in [3.05, 3.63) is 53.9 Å². The molecule has 1 aromatic heterocycles.